The van der Waals surface area contributed by atoms with Crippen LogP contribution in [0.3, 0.4) is 0 Å². The molecule has 0 radical (unpaired) electrons. The fourth-order valence-electron chi connectivity index (χ4n) is 3.42. The lowest BCUT2D eigenvalue weighted by Gasteiger charge is -2.17. The molecule has 4 rings (SSSR count). The monoisotopic (exact) mass is 506 g/mol. The van der Waals surface area contributed by atoms with Gasteiger partial charge in [0.2, 0.25) is 0 Å². The van der Waals surface area contributed by atoms with Gasteiger partial charge in [-0.2, -0.15) is 0 Å². The van der Waals surface area contributed by atoms with Crippen LogP contribution in [0, 0.1) is 0 Å². The summed E-state index contributed by atoms with van der Waals surface area (Å²) in [4.78, 5) is 50.6. The zero-order chi connectivity index (χ0) is 25.8. The van der Waals surface area contributed by atoms with Crippen LogP contribution in [-0.2, 0) is 14.3 Å². The van der Waals surface area contributed by atoms with Crippen LogP contribution >= 0.6 is 11.6 Å². The summed E-state index contributed by atoms with van der Waals surface area (Å²) in [7, 11) is 2.71. The molecule has 0 spiro atoms. The number of methoxy groups -OCH3 is 2. The Morgan fingerprint density at radius 2 is 1.42 bits per heavy atom. The zero-order valence-corrected chi connectivity index (χ0v) is 19.9. The van der Waals surface area contributed by atoms with Crippen LogP contribution in [0.5, 0.6) is 11.5 Å². The normalized spacial score (nSPS) is 13.0. The van der Waals surface area contributed by atoms with E-state index in [1.54, 1.807) is 24.3 Å². The molecule has 0 bridgehead atoms. The Kier molecular flexibility index (Phi) is 7.03. The lowest BCUT2D eigenvalue weighted by atomic mass is 10.2. The van der Waals surface area contributed by atoms with E-state index in [1.807, 2.05) is 0 Å². The fourth-order valence-corrected chi connectivity index (χ4v) is 3.63. The van der Waals surface area contributed by atoms with Gasteiger partial charge in [0.1, 0.15) is 22.2 Å². The molecule has 3 aromatic rings. The van der Waals surface area contributed by atoms with Crippen LogP contribution in [0.2, 0.25) is 0 Å². The molecule has 0 unspecified atom stereocenters. The third-order valence-electron chi connectivity index (χ3n) is 5.23. The van der Waals surface area contributed by atoms with Crippen LogP contribution < -0.4 is 19.7 Å². The number of rotatable bonds is 7. The number of imide groups is 1. The average Bonchev–Trinajstić information content (AvgIpc) is 3.11. The Balaban J connectivity index is 1.45. The molecule has 0 saturated carbocycles. The number of para-hydroxylation sites is 2. The molecule has 0 atom stereocenters. The summed E-state index contributed by atoms with van der Waals surface area (Å²) >= 11 is 6.19. The minimum Gasteiger partial charge on any atom is -0.495 e. The first-order valence-corrected chi connectivity index (χ1v) is 10.9. The number of hydrogen-bond donors (Lipinski definition) is 1. The van der Waals surface area contributed by atoms with Crippen molar-refractivity contribution in [2.45, 2.75) is 0 Å². The SMILES string of the molecule is COC(=O)c1ccc(OC(=O)c2ccc(NC3=C(Cl)C(=O)N(c4ccccc4OC)C3=O)cc2)cc1. The van der Waals surface area contributed by atoms with Crippen molar-refractivity contribution < 1.29 is 33.4 Å². The quantitative estimate of drug-likeness (QED) is 0.289. The van der Waals surface area contributed by atoms with E-state index in [2.05, 4.69) is 10.1 Å². The van der Waals surface area contributed by atoms with Crippen molar-refractivity contribution in [2.75, 3.05) is 24.4 Å². The summed E-state index contributed by atoms with van der Waals surface area (Å²) < 4.78 is 15.2. The molecule has 3 aromatic carbocycles. The van der Waals surface area contributed by atoms with Crippen molar-refractivity contribution in [2.24, 2.45) is 0 Å². The minimum atomic E-state index is -0.688. The number of carbonyl (C=O) groups is 4. The number of nitrogens with zero attached hydrogens (tertiary/aromatic N) is 1. The number of hydrogen-bond acceptors (Lipinski definition) is 8. The maximum atomic E-state index is 13.0. The van der Waals surface area contributed by atoms with Gasteiger partial charge in [-0.15, -0.1) is 0 Å². The second-order valence-electron chi connectivity index (χ2n) is 7.41. The highest BCUT2D eigenvalue weighted by molar-refractivity contribution is 6.53. The van der Waals surface area contributed by atoms with Crippen molar-refractivity contribution in [1.82, 2.24) is 0 Å². The topological polar surface area (TPSA) is 111 Å². The first-order valence-electron chi connectivity index (χ1n) is 10.5. The molecule has 0 aromatic heterocycles. The summed E-state index contributed by atoms with van der Waals surface area (Å²) in [5.74, 6) is -1.87. The van der Waals surface area contributed by atoms with Gasteiger partial charge >= 0.3 is 11.9 Å². The van der Waals surface area contributed by atoms with Crippen molar-refractivity contribution in [1.29, 1.82) is 0 Å². The average molecular weight is 507 g/mol. The smallest absolute Gasteiger partial charge is 0.343 e. The van der Waals surface area contributed by atoms with Gasteiger partial charge in [-0.05, 0) is 60.7 Å². The predicted octanol–water partition coefficient (Wildman–Crippen LogP) is 4.14. The first-order chi connectivity index (χ1) is 17.3. The molecule has 2 amide bonds. The molecule has 1 heterocycles. The third kappa shape index (κ3) is 4.77. The van der Waals surface area contributed by atoms with Crippen molar-refractivity contribution in [3.05, 3.63) is 94.7 Å². The van der Waals surface area contributed by atoms with Crippen LogP contribution in [0.25, 0.3) is 0 Å². The van der Waals surface area contributed by atoms with E-state index < -0.39 is 23.8 Å². The van der Waals surface area contributed by atoms with Crippen molar-refractivity contribution in [3.63, 3.8) is 0 Å². The molecule has 0 aliphatic carbocycles. The molecule has 10 heteroatoms. The van der Waals surface area contributed by atoms with Crippen LogP contribution in [-0.4, -0.2) is 38.0 Å². The van der Waals surface area contributed by atoms with Crippen LogP contribution in [0.15, 0.2) is 83.5 Å². The Hall–Kier alpha value is -4.63. The standard InChI is InChI=1S/C26H19ClN2O7/c1-34-20-6-4-3-5-19(20)29-23(30)21(27)22(24(29)31)28-17-11-7-16(8-12-17)26(33)36-18-13-9-15(10-14-18)25(32)35-2/h3-14,28H,1-2H3. The number of esters is 2. The Morgan fingerprint density at radius 1 is 0.806 bits per heavy atom. The van der Waals surface area contributed by atoms with E-state index >= 15 is 0 Å². The zero-order valence-electron chi connectivity index (χ0n) is 19.1. The van der Waals surface area contributed by atoms with Gasteiger partial charge in [-0.1, -0.05) is 23.7 Å². The number of nitrogens with one attached hydrogen (secondary N) is 1. The maximum absolute atomic E-state index is 13.0. The number of anilines is 2. The van der Waals surface area contributed by atoms with E-state index in [4.69, 9.17) is 21.1 Å². The number of halogens is 1. The highest BCUT2D eigenvalue weighted by atomic mass is 35.5. The number of benzene rings is 3. The summed E-state index contributed by atoms with van der Waals surface area (Å²) in [5.41, 5.74) is 1.15. The molecular weight excluding hydrogens is 488 g/mol. The van der Waals surface area contributed by atoms with Crippen LogP contribution in [0.1, 0.15) is 20.7 Å². The van der Waals surface area contributed by atoms with Gasteiger partial charge in [0.25, 0.3) is 11.8 Å². The minimum absolute atomic E-state index is 0.103. The Labute approximate surface area is 210 Å². The summed E-state index contributed by atoms with van der Waals surface area (Å²) in [5, 5.41) is 2.57. The lowest BCUT2D eigenvalue weighted by molar-refractivity contribution is -0.120. The molecule has 1 aliphatic heterocycles. The first kappa shape index (κ1) is 24.5. The predicted molar refractivity (Wildman–Crippen MR) is 131 cm³/mol. The summed E-state index contributed by atoms with van der Waals surface area (Å²) in [6.07, 6.45) is 0. The molecule has 1 aliphatic rings. The largest absolute Gasteiger partial charge is 0.495 e. The molecule has 0 saturated heterocycles. The number of amides is 2. The van der Waals surface area contributed by atoms with E-state index in [9.17, 15) is 19.2 Å². The van der Waals surface area contributed by atoms with Crippen molar-refractivity contribution >= 4 is 46.7 Å². The molecule has 9 nitrogen and oxygen atoms in total. The summed E-state index contributed by atoms with van der Waals surface area (Å²) in [6, 6.07) is 18.5. The fraction of sp³-hybridized carbons (Fsp3) is 0.0769. The second-order valence-corrected chi connectivity index (χ2v) is 7.79. The summed E-state index contributed by atoms with van der Waals surface area (Å²) in [6.45, 7) is 0. The molecule has 0 fully saturated rings. The van der Waals surface area contributed by atoms with Gasteiger partial charge in [0, 0.05) is 5.69 Å². The third-order valence-corrected chi connectivity index (χ3v) is 5.58. The molecule has 36 heavy (non-hydrogen) atoms. The van der Waals surface area contributed by atoms with E-state index in [1.165, 1.54) is 62.8 Å². The van der Waals surface area contributed by atoms with E-state index in [0.717, 1.165) is 4.90 Å². The maximum Gasteiger partial charge on any atom is 0.343 e. The van der Waals surface area contributed by atoms with E-state index in [0.29, 0.717) is 17.0 Å². The number of carbonyl (C=O) groups excluding carboxylic acids is 4. The highest BCUT2D eigenvalue weighted by Crippen LogP contribution is 2.35. The Bertz CT molecular complexity index is 1380. The van der Waals surface area contributed by atoms with E-state index in [-0.39, 0.29) is 27.7 Å². The van der Waals surface area contributed by atoms with Gasteiger partial charge in [0.15, 0.2) is 0 Å². The molecule has 1 N–H and O–H groups in total. The lowest BCUT2D eigenvalue weighted by Crippen LogP contribution is -2.32. The van der Waals surface area contributed by atoms with Gasteiger partial charge in [-0.25, -0.2) is 14.5 Å². The second kappa shape index (κ2) is 10.3. The van der Waals surface area contributed by atoms with Gasteiger partial charge < -0.3 is 19.5 Å². The van der Waals surface area contributed by atoms with Crippen LogP contribution in [0.4, 0.5) is 11.4 Å². The van der Waals surface area contributed by atoms with Gasteiger partial charge in [0.05, 0.1) is 31.0 Å². The van der Waals surface area contributed by atoms with Gasteiger partial charge in [-0.3, -0.25) is 9.59 Å². The number of ether oxygens (including phenoxy) is 3. The van der Waals surface area contributed by atoms with Crippen molar-refractivity contribution in [3.8, 4) is 11.5 Å². The highest BCUT2D eigenvalue weighted by Gasteiger charge is 2.40. The molecular formula is C26H19ClN2O7. The Morgan fingerprint density at radius 3 is 2.06 bits per heavy atom. The molecule has 182 valence electrons.